The second-order valence-corrected chi connectivity index (χ2v) is 4.24. The Kier molecular flexibility index (Phi) is 3.25. The topological polar surface area (TPSA) is 40.5 Å². The molecule has 1 N–H and O–H groups in total. The van der Waals surface area contributed by atoms with Crippen molar-refractivity contribution >= 4 is 11.6 Å². The summed E-state index contributed by atoms with van der Waals surface area (Å²) in [6.07, 6.45) is 2.24. The number of rotatable bonds is 0. The number of fused-ring (bicyclic) bond motifs is 1. The SMILES string of the molecule is CC(=O)N1CCCCC(O)c2ccccc21. The van der Waals surface area contributed by atoms with E-state index in [2.05, 4.69) is 0 Å². The summed E-state index contributed by atoms with van der Waals surface area (Å²) in [4.78, 5) is 13.3. The highest BCUT2D eigenvalue weighted by molar-refractivity contribution is 5.92. The second-order valence-electron chi connectivity index (χ2n) is 4.24. The molecule has 1 aromatic carbocycles. The monoisotopic (exact) mass is 219 g/mol. The van der Waals surface area contributed by atoms with Crippen LogP contribution in [0.15, 0.2) is 24.3 Å². The van der Waals surface area contributed by atoms with Crippen LogP contribution >= 0.6 is 0 Å². The number of aliphatic hydroxyl groups excluding tert-OH is 1. The fourth-order valence-corrected chi connectivity index (χ4v) is 2.23. The van der Waals surface area contributed by atoms with Gasteiger partial charge in [-0.3, -0.25) is 4.79 Å². The first-order valence-electron chi connectivity index (χ1n) is 5.75. The van der Waals surface area contributed by atoms with E-state index in [4.69, 9.17) is 0 Å². The highest BCUT2D eigenvalue weighted by atomic mass is 16.3. The summed E-state index contributed by atoms with van der Waals surface area (Å²) in [5.74, 6) is 0.0431. The van der Waals surface area contributed by atoms with E-state index in [-0.39, 0.29) is 5.91 Å². The zero-order valence-electron chi connectivity index (χ0n) is 9.52. The van der Waals surface area contributed by atoms with E-state index in [9.17, 15) is 9.90 Å². The third kappa shape index (κ3) is 2.09. The average molecular weight is 219 g/mol. The molecule has 1 aliphatic rings. The second kappa shape index (κ2) is 4.66. The molecule has 3 nitrogen and oxygen atoms in total. The third-order valence-corrected chi connectivity index (χ3v) is 3.08. The van der Waals surface area contributed by atoms with E-state index >= 15 is 0 Å². The Morgan fingerprint density at radius 3 is 2.88 bits per heavy atom. The van der Waals surface area contributed by atoms with Crippen molar-refractivity contribution in [1.29, 1.82) is 0 Å². The highest BCUT2D eigenvalue weighted by Gasteiger charge is 2.21. The standard InChI is InChI=1S/C13H17NO2/c1-10(15)14-9-5-4-8-13(16)11-6-2-3-7-12(11)14/h2-3,6-7,13,16H,4-5,8-9H2,1H3. The van der Waals surface area contributed by atoms with Gasteiger partial charge in [-0.1, -0.05) is 18.2 Å². The first-order valence-corrected chi connectivity index (χ1v) is 5.75. The fraction of sp³-hybridized carbons (Fsp3) is 0.462. The Balaban J connectivity index is 2.44. The van der Waals surface area contributed by atoms with E-state index in [0.29, 0.717) is 0 Å². The number of anilines is 1. The van der Waals surface area contributed by atoms with Gasteiger partial charge >= 0.3 is 0 Å². The smallest absolute Gasteiger partial charge is 0.223 e. The van der Waals surface area contributed by atoms with Crippen LogP contribution in [-0.4, -0.2) is 17.6 Å². The summed E-state index contributed by atoms with van der Waals surface area (Å²) in [6, 6.07) is 7.62. The van der Waals surface area contributed by atoms with Crippen LogP contribution in [0.2, 0.25) is 0 Å². The molecule has 0 fully saturated rings. The Morgan fingerprint density at radius 1 is 1.38 bits per heavy atom. The molecule has 0 spiro atoms. The van der Waals surface area contributed by atoms with Gasteiger partial charge in [0, 0.05) is 24.7 Å². The molecule has 1 aliphatic heterocycles. The van der Waals surface area contributed by atoms with Gasteiger partial charge < -0.3 is 10.0 Å². The van der Waals surface area contributed by atoms with Crippen molar-refractivity contribution in [2.75, 3.05) is 11.4 Å². The number of nitrogens with zero attached hydrogens (tertiary/aromatic N) is 1. The largest absolute Gasteiger partial charge is 0.388 e. The number of para-hydroxylation sites is 1. The van der Waals surface area contributed by atoms with Crippen molar-refractivity contribution in [2.24, 2.45) is 0 Å². The number of aliphatic hydroxyl groups is 1. The van der Waals surface area contributed by atoms with Crippen molar-refractivity contribution in [3.63, 3.8) is 0 Å². The van der Waals surface area contributed by atoms with Gasteiger partial charge in [-0.25, -0.2) is 0 Å². The van der Waals surface area contributed by atoms with Gasteiger partial charge in [0.05, 0.1) is 6.10 Å². The lowest BCUT2D eigenvalue weighted by Gasteiger charge is -2.28. The van der Waals surface area contributed by atoms with Gasteiger partial charge in [0.1, 0.15) is 0 Å². The normalized spacial score (nSPS) is 20.9. The molecule has 2 rings (SSSR count). The number of carbonyl (C=O) groups is 1. The van der Waals surface area contributed by atoms with E-state index < -0.39 is 6.10 Å². The lowest BCUT2D eigenvalue weighted by atomic mass is 9.98. The van der Waals surface area contributed by atoms with Crippen molar-refractivity contribution in [3.05, 3.63) is 29.8 Å². The maximum Gasteiger partial charge on any atom is 0.223 e. The Morgan fingerprint density at radius 2 is 2.12 bits per heavy atom. The highest BCUT2D eigenvalue weighted by Crippen LogP contribution is 2.31. The third-order valence-electron chi connectivity index (χ3n) is 3.08. The van der Waals surface area contributed by atoms with Gasteiger partial charge in [-0.05, 0) is 25.3 Å². The molecule has 0 bridgehead atoms. The van der Waals surface area contributed by atoms with Crippen molar-refractivity contribution < 1.29 is 9.90 Å². The number of hydrogen-bond donors (Lipinski definition) is 1. The predicted octanol–water partition coefficient (Wildman–Crippen LogP) is 2.26. The molecule has 1 atom stereocenters. The van der Waals surface area contributed by atoms with E-state index in [0.717, 1.165) is 37.1 Å². The van der Waals surface area contributed by atoms with Crippen LogP contribution in [-0.2, 0) is 4.79 Å². The van der Waals surface area contributed by atoms with Crippen LogP contribution < -0.4 is 4.90 Å². The van der Waals surface area contributed by atoms with Crippen LogP contribution in [0.3, 0.4) is 0 Å². The molecule has 0 radical (unpaired) electrons. The molecule has 0 saturated heterocycles. The zero-order chi connectivity index (χ0) is 11.5. The van der Waals surface area contributed by atoms with Gasteiger partial charge in [0.15, 0.2) is 0 Å². The summed E-state index contributed by atoms with van der Waals surface area (Å²) >= 11 is 0. The zero-order valence-corrected chi connectivity index (χ0v) is 9.52. The molecule has 86 valence electrons. The van der Waals surface area contributed by atoms with Gasteiger partial charge in [-0.2, -0.15) is 0 Å². The van der Waals surface area contributed by atoms with Crippen LogP contribution in [0, 0.1) is 0 Å². The van der Waals surface area contributed by atoms with Gasteiger partial charge in [-0.15, -0.1) is 0 Å². The van der Waals surface area contributed by atoms with Crippen LogP contribution in [0.5, 0.6) is 0 Å². The minimum atomic E-state index is -0.446. The molecule has 0 aromatic heterocycles. The number of hydrogen-bond acceptors (Lipinski definition) is 2. The minimum Gasteiger partial charge on any atom is -0.388 e. The molecular weight excluding hydrogens is 202 g/mol. The van der Waals surface area contributed by atoms with Crippen LogP contribution in [0.25, 0.3) is 0 Å². The quantitative estimate of drug-likeness (QED) is 0.727. The Hall–Kier alpha value is -1.35. The molecule has 1 heterocycles. The molecule has 0 saturated carbocycles. The first kappa shape index (κ1) is 11.1. The number of amides is 1. The minimum absolute atomic E-state index is 0.0431. The number of carbonyl (C=O) groups excluding carboxylic acids is 1. The molecule has 1 aromatic rings. The summed E-state index contributed by atoms with van der Waals surface area (Å²) in [7, 11) is 0. The molecule has 1 amide bonds. The van der Waals surface area contributed by atoms with Crippen LogP contribution in [0.1, 0.15) is 37.9 Å². The molecule has 1 unspecified atom stereocenters. The number of benzene rings is 1. The van der Waals surface area contributed by atoms with Crippen molar-refractivity contribution in [2.45, 2.75) is 32.3 Å². The molecule has 16 heavy (non-hydrogen) atoms. The lowest BCUT2D eigenvalue weighted by Crippen LogP contribution is -2.31. The lowest BCUT2D eigenvalue weighted by molar-refractivity contribution is -0.116. The molecular formula is C13H17NO2. The van der Waals surface area contributed by atoms with Crippen molar-refractivity contribution in [1.82, 2.24) is 0 Å². The summed E-state index contributed by atoms with van der Waals surface area (Å²) < 4.78 is 0. The van der Waals surface area contributed by atoms with Crippen molar-refractivity contribution in [3.8, 4) is 0 Å². The van der Waals surface area contributed by atoms with Gasteiger partial charge in [0.25, 0.3) is 0 Å². The van der Waals surface area contributed by atoms with Crippen LogP contribution in [0.4, 0.5) is 5.69 Å². The summed E-state index contributed by atoms with van der Waals surface area (Å²) in [5, 5.41) is 10.0. The Labute approximate surface area is 95.7 Å². The molecule has 0 aliphatic carbocycles. The fourth-order valence-electron chi connectivity index (χ4n) is 2.23. The maximum absolute atomic E-state index is 11.6. The average Bonchev–Trinajstić information content (AvgIpc) is 2.26. The summed E-state index contributed by atoms with van der Waals surface area (Å²) in [5.41, 5.74) is 1.74. The summed E-state index contributed by atoms with van der Waals surface area (Å²) in [6.45, 7) is 2.32. The molecule has 3 heteroatoms. The predicted molar refractivity (Wildman–Crippen MR) is 63.3 cm³/mol. The van der Waals surface area contributed by atoms with Gasteiger partial charge in [0.2, 0.25) is 5.91 Å². The first-order chi connectivity index (χ1) is 7.70. The van der Waals surface area contributed by atoms with E-state index in [1.807, 2.05) is 24.3 Å². The van der Waals surface area contributed by atoms with E-state index in [1.165, 1.54) is 0 Å². The Bertz CT molecular complexity index is 389. The maximum atomic E-state index is 11.6. The van der Waals surface area contributed by atoms with E-state index in [1.54, 1.807) is 11.8 Å².